The number of hydrazone groups is 1. The van der Waals surface area contributed by atoms with Crippen molar-refractivity contribution in [1.29, 1.82) is 0 Å². The number of nitrogens with one attached hydrogen (secondary N) is 3. The fourth-order valence-corrected chi connectivity index (χ4v) is 3.39. The molecule has 0 atom stereocenters. The van der Waals surface area contributed by atoms with Crippen LogP contribution in [0.1, 0.15) is 11.1 Å². The first-order valence-corrected chi connectivity index (χ1v) is 11.4. The molecule has 0 fully saturated rings. The van der Waals surface area contributed by atoms with Crippen molar-refractivity contribution in [3.63, 3.8) is 0 Å². The standard InChI is InChI=1S/C25H21Cl2FN4O5/c1-14-3-4-16(26)11-20(14)31-22(33)13-37-23-19(27)9-15(10-21(23)36-2)12-29-32-25(35)24(34)30-18-7-5-17(28)6-8-18/h3-12H,13H2,1-2H3,(H,30,34)(H,31,33)(H,32,35)/b29-12-. The molecular weight excluding hydrogens is 526 g/mol. The van der Waals surface area contributed by atoms with Gasteiger partial charge >= 0.3 is 11.8 Å². The van der Waals surface area contributed by atoms with Gasteiger partial charge in [0, 0.05) is 16.4 Å². The minimum absolute atomic E-state index is 0.118. The molecule has 0 unspecified atom stereocenters. The third-order valence-corrected chi connectivity index (χ3v) is 5.28. The van der Waals surface area contributed by atoms with Crippen LogP contribution in [0, 0.1) is 12.7 Å². The molecule has 0 aliphatic carbocycles. The second kappa shape index (κ2) is 12.7. The van der Waals surface area contributed by atoms with Gasteiger partial charge < -0.3 is 20.1 Å². The Balaban J connectivity index is 1.59. The lowest BCUT2D eigenvalue weighted by molar-refractivity contribution is -0.136. The van der Waals surface area contributed by atoms with E-state index < -0.39 is 23.5 Å². The maximum Gasteiger partial charge on any atom is 0.329 e. The van der Waals surface area contributed by atoms with Crippen LogP contribution in [0.15, 0.2) is 59.7 Å². The van der Waals surface area contributed by atoms with Crippen LogP contribution in [0.3, 0.4) is 0 Å². The smallest absolute Gasteiger partial charge is 0.329 e. The molecule has 0 heterocycles. The second-order valence-electron chi connectivity index (χ2n) is 7.49. The average Bonchev–Trinajstić information content (AvgIpc) is 2.86. The number of amides is 3. The van der Waals surface area contributed by atoms with Crippen LogP contribution in [0.25, 0.3) is 0 Å². The van der Waals surface area contributed by atoms with E-state index >= 15 is 0 Å². The van der Waals surface area contributed by atoms with Crippen molar-refractivity contribution in [3.8, 4) is 11.5 Å². The highest BCUT2D eigenvalue weighted by atomic mass is 35.5. The van der Waals surface area contributed by atoms with Crippen molar-refractivity contribution in [3.05, 3.63) is 81.6 Å². The lowest BCUT2D eigenvalue weighted by atomic mass is 10.2. The summed E-state index contributed by atoms with van der Waals surface area (Å²) in [6.07, 6.45) is 1.23. The van der Waals surface area contributed by atoms with Crippen LogP contribution in [-0.2, 0) is 14.4 Å². The van der Waals surface area contributed by atoms with E-state index in [0.29, 0.717) is 16.3 Å². The molecule has 0 saturated carbocycles. The molecule has 3 aromatic carbocycles. The zero-order chi connectivity index (χ0) is 26.9. The predicted octanol–water partition coefficient (Wildman–Crippen LogP) is 4.56. The van der Waals surface area contributed by atoms with Gasteiger partial charge in [-0.2, -0.15) is 5.10 Å². The summed E-state index contributed by atoms with van der Waals surface area (Å²) in [5.74, 6) is -2.61. The van der Waals surface area contributed by atoms with Gasteiger partial charge in [-0.05, 0) is 66.6 Å². The van der Waals surface area contributed by atoms with Gasteiger partial charge in [-0.25, -0.2) is 9.82 Å². The number of benzene rings is 3. The van der Waals surface area contributed by atoms with E-state index in [1.54, 1.807) is 18.2 Å². The van der Waals surface area contributed by atoms with Gasteiger partial charge in [-0.3, -0.25) is 14.4 Å². The van der Waals surface area contributed by atoms with Crippen molar-refractivity contribution in [2.24, 2.45) is 5.10 Å². The van der Waals surface area contributed by atoms with E-state index in [2.05, 4.69) is 21.2 Å². The third-order valence-electron chi connectivity index (χ3n) is 4.76. The number of aryl methyl sites for hydroxylation is 1. The topological polar surface area (TPSA) is 118 Å². The summed E-state index contributed by atoms with van der Waals surface area (Å²) >= 11 is 12.3. The Hall–Kier alpha value is -4.15. The minimum atomic E-state index is -1.04. The molecule has 0 aliphatic rings. The maximum absolute atomic E-state index is 12.9. The van der Waals surface area contributed by atoms with Crippen LogP contribution in [0.2, 0.25) is 10.0 Å². The number of ether oxygens (including phenoxy) is 2. The summed E-state index contributed by atoms with van der Waals surface area (Å²) in [5, 5.41) is 9.34. The van der Waals surface area contributed by atoms with E-state index in [1.807, 2.05) is 6.92 Å². The summed E-state index contributed by atoms with van der Waals surface area (Å²) in [7, 11) is 1.39. The quantitative estimate of drug-likeness (QED) is 0.217. The zero-order valence-electron chi connectivity index (χ0n) is 19.6. The zero-order valence-corrected chi connectivity index (χ0v) is 21.1. The Labute approximate surface area is 221 Å². The van der Waals surface area contributed by atoms with Crippen molar-refractivity contribution >= 4 is 58.5 Å². The molecule has 192 valence electrons. The first-order valence-electron chi connectivity index (χ1n) is 10.6. The molecular formula is C25H21Cl2FN4O5. The summed E-state index contributed by atoms with van der Waals surface area (Å²) < 4.78 is 23.8. The van der Waals surface area contributed by atoms with Gasteiger partial charge in [-0.1, -0.05) is 29.3 Å². The van der Waals surface area contributed by atoms with Crippen LogP contribution < -0.4 is 25.5 Å². The fraction of sp³-hybridized carbons (Fsp3) is 0.120. The SMILES string of the molecule is COc1cc(/C=N\NC(=O)C(=O)Nc2ccc(F)cc2)cc(Cl)c1OCC(=O)Nc1cc(Cl)ccc1C. The lowest BCUT2D eigenvalue weighted by Gasteiger charge is -2.14. The van der Waals surface area contributed by atoms with Gasteiger partial charge in [0.05, 0.1) is 18.3 Å². The molecule has 3 amide bonds. The molecule has 3 N–H and O–H groups in total. The van der Waals surface area contributed by atoms with Crippen LogP contribution in [0.4, 0.5) is 15.8 Å². The number of anilines is 2. The molecule has 9 nitrogen and oxygen atoms in total. The van der Waals surface area contributed by atoms with Gasteiger partial charge in [0.2, 0.25) is 0 Å². The molecule has 0 saturated heterocycles. The Morgan fingerprint density at radius 2 is 1.73 bits per heavy atom. The molecule has 0 aliphatic heterocycles. The van der Waals surface area contributed by atoms with Crippen molar-refractivity contribution < 1.29 is 28.2 Å². The highest BCUT2D eigenvalue weighted by Gasteiger charge is 2.15. The summed E-state index contributed by atoms with van der Waals surface area (Å²) in [5.41, 5.74) is 4.11. The third kappa shape index (κ3) is 7.92. The number of halogens is 3. The molecule has 0 bridgehead atoms. The molecule has 0 radical (unpaired) electrons. The van der Waals surface area contributed by atoms with Crippen LogP contribution >= 0.6 is 23.2 Å². The summed E-state index contributed by atoms with van der Waals surface area (Å²) in [6.45, 7) is 1.47. The van der Waals surface area contributed by atoms with Crippen molar-refractivity contribution in [1.82, 2.24) is 5.43 Å². The normalized spacial score (nSPS) is 10.6. The van der Waals surface area contributed by atoms with E-state index in [-0.39, 0.29) is 28.8 Å². The van der Waals surface area contributed by atoms with Gasteiger partial charge in [0.25, 0.3) is 5.91 Å². The van der Waals surface area contributed by atoms with E-state index in [0.717, 1.165) is 17.7 Å². The van der Waals surface area contributed by atoms with Gasteiger partial charge in [0.1, 0.15) is 5.82 Å². The van der Waals surface area contributed by atoms with Crippen molar-refractivity contribution in [2.75, 3.05) is 24.4 Å². The fourth-order valence-electron chi connectivity index (χ4n) is 2.94. The Morgan fingerprint density at radius 1 is 1.00 bits per heavy atom. The number of rotatable bonds is 8. The van der Waals surface area contributed by atoms with E-state index in [9.17, 15) is 18.8 Å². The number of carbonyl (C=O) groups excluding carboxylic acids is 3. The average molecular weight is 547 g/mol. The Morgan fingerprint density at radius 3 is 2.43 bits per heavy atom. The van der Waals surface area contributed by atoms with Gasteiger partial charge in [0.15, 0.2) is 18.1 Å². The molecule has 37 heavy (non-hydrogen) atoms. The Bertz CT molecular complexity index is 1350. The molecule has 3 aromatic rings. The predicted molar refractivity (Wildman–Crippen MR) is 139 cm³/mol. The highest BCUT2D eigenvalue weighted by molar-refractivity contribution is 6.39. The van der Waals surface area contributed by atoms with Crippen LogP contribution in [0.5, 0.6) is 11.5 Å². The number of methoxy groups -OCH3 is 1. The second-order valence-corrected chi connectivity index (χ2v) is 8.33. The van der Waals surface area contributed by atoms with Crippen LogP contribution in [-0.4, -0.2) is 37.7 Å². The number of carbonyl (C=O) groups is 3. The number of hydrogen-bond acceptors (Lipinski definition) is 6. The first-order chi connectivity index (χ1) is 17.7. The molecule has 0 spiro atoms. The van der Waals surface area contributed by atoms with Gasteiger partial charge in [-0.15, -0.1) is 0 Å². The largest absolute Gasteiger partial charge is 0.493 e. The lowest BCUT2D eigenvalue weighted by Crippen LogP contribution is -2.32. The van der Waals surface area contributed by atoms with E-state index in [4.69, 9.17) is 32.7 Å². The minimum Gasteiger partial charge on any atom is -0.493 e. The summed E-state index contributed by atoms with van der Waals surface area (Å²) in [4.78, 5) is 36.2. The number of hydrogen-bond donors (Lipinski definition) is 3. The van der Waals surface area contributed by atoms with Crippen molar-refractivity contribution in [2.45, 2.75) is 6.92 Å². The maximum atomic E-state index is 12.9. The first kappa shape index (κ1) is 27.4. The molecule has 0 aromatic heterocycles. The monoisotopic (exact) mass is 546 g/mol. The molecule has 3 rings (SSSR count). The molecule has 12 heteroatoms. The Kier molecular flexibility index (Phi) is 9.42. The summed E-state index contributed by atoms with van der Waals surface area (Å²) in [6, 6.07) is 13.0. The number of nitrogens with zero attached hydrogens (tertiary/aromatic N) is 1. The van der Waals surface area contributed by atoms with E-state index in [1.165, 1.54) is 37.6 Å². The highest BCUT2D eigenvalue weighted by Crippen LogP contribution is 2.36.